The van der Waals surface area contributed by atoms with Gasteiger partial charge in [0, 0.05) is 0 Å². The van der Waals surface area contributed by atoms with Gasteiger partial charge >= 0.3 is 0 Å². The Morgan fingerprint density at radius 2 is 1.92 bits per heavy atom. The zero-order chi connectivity index (χ0) is 9.68. The Morgan fingerprint density at radius 1 is 1.31 bits per heavy atom. The molecule has 3 heteroatoms. The van der Waals surface area contributed by atoms with Crippen LogP contribution in [0.4, 0.5) is 0 Å². The molecule has 1 aromatic rings. The van der Waals surface area contributed by atoms with Crippen LogP contribution in [0.3, 0.4) is 0 Å². The fourth-order valence-electron chi connectivity index (χ4n) is 0.876. The first-order chi connectivity index (χ1) is 6.24. The number of hydrogen-bond acceptors (Lipinski definition) is 2. The van der Waals surface area contributed by atoms with Gasteiger partial charge in [-0.3, -0.25) is 4.18 Å². The Bertz CT molecular complexity index is 279. The Labute approximate surface area is 81.6 Å². The molecular formula is C10H14O2S. The lowest BCUT2D eigenvalue weighted by atomic mass is 10.2. The Kier molecular flexibility index (Phi) is 4.12. The first-order valence-electron chi connectivity index (χ1n) is 4.35. The molecule has 0 aromatic heterocycles. The minimum absolute atomic E-state index is 0.542. The second kappa shape index (κ2) is 5.14. The maximum absolute atomic E-state index is 11.4. The first-order valence-corrected chi connectivity index (χ1v) is 5.43. The van der Waals surface area contributed by atoms with E-state index in [9.17, 15) is 4.21 Å². The van der Waals surface area contributed by atoms with E-state index in [1.165, 1.54) is 0 Å². The number of hydrogen-bond donors (Lipinski definition) is 0. The van der Waals surface area contributed by atoms with E-state index in [-0.39, 0.29) is 0 Å². The summed E-state index contributed by atoms with van der Waals surface area (Å²) in [5.74, 6) is 0. The van der Waals surface area contributed by atoms with E-state index in [4.69, 9.17) is 4.18 Å². The average molecular weight is 198 g/mol. The van der Waals surface area contributed by atoms with Gasteiger partial charge in [0.15, 0.2) is 11.1 Å². The first kappa shape index (κ1) is 10.4. The van der Waals surface area contributed by atoms with Gasteiger partial charge in [0.05, 0.1) is 11.5 Å². The van der Waals surface area contributed by atoms with Gasteiger partial charge in [-0.25, -0.2) is 4.21 Å². The molecule has 72 valence electrons. The number of aryl methyl sites for hydroxylation is 1. The highest BCUT2D eigenvalue weighted by molar-refractivity contribution is 7.80. The fraction of sp³-hybridized carbons (Fsp3) is 0.400. The van der Waals surface area contributed by atoms with Crippen molar-refractivity contribution in [1.82, 2.24) is 0 Å². The van der Waals surface area contributed by atoms with Crippen LogP contribution in [0.5, 0.6) is 0 Å². The molecule has 0 radical (unpaired) electrons. The van der Waals surface area contributed by atoms with Crippen molar-refractivity contribution in [3.8, 4) is 0 Å². The minimum Gasteiger partial charge on any atom is -0.287 e. The number of rotatable bonds is 4. The van der Waals surface area contributed by atoms with Crippen LogP contribution in [0.15, 0.2) is 29.2 Å². The molecule has 0 saturated heterocycles. The molecule has 1 aromatic carbocycles. The van der Waals surface area contributed by atoms with Crippen LogP contribution in [-0.2, 0) is 15.3 Å². The zero-order valence-corrected chi connectivity index (χ0v) is 8.76. The topological polar surface area (TPSA) is 26.3 Å². The van der Waals surface area contributed by atoms with Gasteiger partial charge in [-0.05, 0) is 25.5 Å². The van der Waals surface area contributed by atoms with Crippen molar-refractivity contribution < 1.29 is 8.39 Å². The van der Waals surface area contributed by atoms with E-state index in [0.29, 0.717) is 6.61 Å². The summed E-state index contributed by atoms with van der Waals surface area (Å²) in [6.45, 7) is 4.53. The van der Waals surface area contributed by atoms with Crippen LogP contribution < -0.4 is 0 Å². The Hall–Kier alpha value is -0.670. The number of benzene rings is 1. The third kappa shape index (κ3) is 3.28. The van der Waals surface area contributed by atoms with Gasteiger partial charge < -0.3 is 0 Å². The molecule has 0 amide bonds. The molecular weight excluding hydrogens is 184 g/mol. The highest BCUT2D eigenvalue weighted by atomic mass is 32.2. The quantitative estimate of drug-likeness (QED) is 0.742. The lowest BCUT2D eigenvalue weighted by molar-refractivity contribution is 0.347. The van der Waals surface area contributed by atoms with Gasteiger partial charge in [-0.1, -0.05) is 24.6 Å². The van der Waals surface area contributed by atoms with Gasteiger partial charge in [0.2, 0.25) is 0 Å². The van der Waals surface area contributed by atoms with Crippen molar-refractivity contribution in [2.45, 2.75) is 25.2 Å². The maximum atomic E-state index is 11.4. The van der Waals surface area contributed by atoms with Gasteiger partial charge in [0.1, 0.15) is 0 Å². The minimum atomic E-state index is -1.29. The van der Waals surface area contributed by atoms with Crippen LogP contribution in [0.1, 0.15) is 18.9 Å². The van der Waals surface area contributed by atoms with Crippen LogP contribution in [-0.4, -0.2) is 10.8 Å². The molecule has 0 aliphatic carbocycles. The highest BCUT2D eigenvalue weighted by Gasteiger charge is 2.02. The molecule has 0 bridgehead atoms. The molecule has 2 nitrogen and oxygen atoms in total. The monoisotopic (exact) mass is 198 g/mol. The molecule has 0 heterocycles. The summed E-state index contributed by atoms with van der Waals surface area (Å²) in [6, 6.07) is 7.54. The van der Waals surface area contributed by atoms with E-state index < -0.39 is 11.1 Å². The highest BCUT2D eigenvalue weighted by Crippen LogP contribution is 2.09. The average Bonchev–Trinajstić information content (AvgIpc) is 2.15. The van der Waals surface area contributed by atoms with Crippen LogP contribution >= 0.6 is 0 Å². The Morgan fingerprint density at radius 3 is 2.46 bits per heavy atom. The van der Waals surface area contributed by atoms with E-state index in [2.05, 4.69) is 0 Å². The van der Waals surface area contributed by atoms with E-state index in [1.807, 2.05) is 38.1 Å². The van der Waals surface area contributed by atoms with Crippen molar-refractivity contribution in [2.24, 2.45) is 0 Å². The van der Waals surface area contributed by atoms with E-state index in [0.717, 1.165) is 16.9 Å². The molecule has 1 rings (SSSR count). The third-order valence-corrected chi connectivity index (χ3v) is 2.65. The molecule has 0 spiro atoms. The summed E-state index contributed by atoms with van der Waals surface area (Å²) >= 11 is -1.29. The normalized spacial score (nSPS) is 12.8. The van der Waals surface area contributed by atoms with Crippen LogP contribution in [0.25, 0.3) is 0 Å². The van der Waals surface area contributed by atoms with Gasteiger partial charge in [0.25, 0.3) is 0 Å². The molecule has 0 fully saturated rings. The molecule has 1 unspecified atom stereocenters. The summed E-state index contributed by atoms with van der Waals surface area (Å²) < 4.78 is 16.5. The van der Waals surface area contributed by atoms with Crippen molar-refractivity contribution >= 4 is 11.1 Å². The fourth-order valence-corrected chi connectivity index (χ4v) is 1.69. The predicted molar refractivity (Wildman–Crippen MR) is 53.8 cm³/mol. The predicted octanol–water partition coefficient (Wildman–Crippen LogP) is 2.44. The van der Waals surface area contributed by atoms with E-state index >= 15 is 0 Å². The SMILES string of the molecule is CCCOS(=O)c1ccc(C)cc1. The largest absolute Gasteiger partial charge is 0.287 e. The molecule has 0 N–H and O–H groups in total. The van der Waals surface area contributed by atoms with Crippen LogP contribution in [0.2, 0.25) is 0 Å². The summed E-state index contributed by atoms with van der Waals surface area (Å²) in [6.07, 6.45) is 0.887. The second-order valence-corrected chi connectivity index (χ2v) is 4.05. The van der Waals surface area contributed by atoms with Gasteiger partial charge in [-0.15, -0.1) is 0 Å². The molecule has 0 aliphatic rings. The third-order valence-electron chi connectivity index (χ3n) is 1.61. The zero-order valence-electron chi connectivity index (χ0n) is 7.95. The molecule has 13 heavy (non-hydrogen) atoms. The standard InChI is InChI=1S/C10H14O2S/c1-3-8-12-13(11)10-6-4-9(2)5-7-10/h4-7H,3,8H2,1-2H3. The maximum Gasteiger partial charge on any atom is 0.189 e. The summed E-state index contributed by atoms with van der Waals surface area (Å²) in [4.78, 5) is 0.735. The smallest absolute Gasteiger partial charge is 0.189 e. The second-order valence-electron chi connectivity index (χ2n) is 2.87. The van der Waals surface area contributed by atoms with Crippen molar-refractivity contribution in [1.29, 1.82) is 0 Å². The summed E-state index contributed by atoms with van der Waals surface area (Å²) in [5, 5.41) is 0. The van der Waals surface area contributed by atoms with Gasteiger partial charge in [-0.2, -0.15) is 0 Å². The summed E-state index contributed by atoms with van der Waals surface area (Å²) in [7, 11) is 0. The lowest BCUT2D eigenvalue weighted by Crippen LogP contribution is -1.98. The van der Waals surface area contributed by atoms with Crippen LogP contribution in [0, 0.1) is 6.92 Å². The molecule has 0 aliphatic heterocycles. The summed E-state index contributed by atoms with van der Waals surface area (Å²) in [5.41, 5.74) is 1.16. The van der Waals surface area contributed by atoms with Crippen molar-refractivity contribution in [3.63, 3.8) is 0 Å². The van der Waals surface area contributed by atoms with Crippen molar-refractivity contribution in [3.05, 3.63) is 29.8 Å². The molecule has 1 atom stereocenters. The van der Waals surface area contributed by atoms with E-state index in [1.54, 1.807) is 0 Å². The molecule has 0 saturated carbocycles. The lowest BCUT2D eigenvalue weighted by Gasteiger charge is -2.01. The van der Waals surface area contributed by atoms with Crippen molar-refractivity contribution in [2.75, 3.05) is 6.61 Å². The Balaban J connectivity index is 2.61.